The number of carboxylic acids is 1. The van der Waals surface area contributed by atoms with Gasteiger partial charge in [0.15, 0.2) is 0 Å². The zero-order chi connectivity index (χ0) is 14.8. The van der Waals surface area contributed by atoms with Crippen LogP contribution in [0.15, 0.2) is 0 Å². The Kier molecular flexibility index (Phi) is 5.14. The Morgan fingerprint density at radius 1 is 0.950 bits per heavy atom. The first-order chi connectivity index (χ1) is 9.39. The van der Waals surface area contributed by atoms with Crippen LogP contribution in [0, 0.1) is 29.1 Å². The molecule has 2 aliphatic carbocycles. The van der Waals surface area contributed by atoms with Crippen LogP contribution in [0.25, 0.3) is 0 Å². The molecule has 0 aliphatic heterocycles. The lowest BCUT2D eigenvalue weighted by molar-refractivity contribution is -0.147. The number of rotatable bonds is 2. The quantitative estimate of drug-likeness (QED) is 0.713. The second-order valence-electron chi connectivity index (χ2n) is 8.24. The molecule has 0 spiro atoms. The van der Waals surface area contributed by atoms with E-state index in [1.165, 1.54) is 38.5 Å². The zero-order valence-electron chi connectivity index (χ0n) is 13.5. The minimum atomic E-state index is -0.536. The van der Waals surface area contributed by atoms with Crippen molar-refractivity contribution in [2.75, 3.05) is 0 Å². The standard InChI is InChI=1S/C18H32O2/c1-18(2,3)14-10-11-15(17(19)20)16(12-14)13-8-6-4-5-7-9-13/h13-16H,4-12H2,1-3H3,(H,19,20). The van der Waals surface area contributed by atoms with Crippen molar-refractivity contribution in [3.8, 4) is 0 Å². The molecule has 2 fully saturated rings. The summed E-state index contributed by atoms with van der Waals surface area (Å²) in [5.74, 6) is 1.20. The monoisotopic (exact) mass is 280 g/mol. The van der Waals surface area contributed by atoms with E-state index >= 15 is 0 Å². The summed E-state index contributed by atoms with van der Waals surface area (Å²) in [6, 6.07) is 0. The van der Waals surface area contributed by atoms with E-state index in [1.54, 1.807) is 0 Å². The van der Waals surface area contributed by atoms with E-state index < -0.39 is 5.97 Å². The normalized spacial score (nSPS) is 33.6. The summed E-state index contributed by atoms with van der Waals surface area (Å²) in [4.78, 5) is 11.6. The van der Waals surface area contributed by atoms with Crippen LogP contribution in [0.5, 0.6) is 0 Å². The molecule has 0 radical (unpaired) electrons. The van der Waals surface area contributed by atoms with Crippen molar-refractivity contribution in [3.05, 3.63) is 0 Å². The molecule has 116 valence electrons. The second kappa shape index (κ2) is 6.49. The molecule has 0 heterocycles. The van der Waals surface area contributed by atoms with Gasteiger partial charge in [0.1, 0.15) is 0 Å². The van der Waals surface area contributed by atoms with Crippen LogP contribution >= 0.6 is 0 Å². The first kappa shape index (κ1) is 15.9. The van der Waals surface area contributed by atoms with Crippen LogP contribution in [0.3, 0.4) is 0 Å². The van der Waals surface area contributed by atoms with Gasteiger partial charge in [0.05, 0.1) is 5.92 Å². The molecule has 0 saturated heterocycles. The van der Waals surface area contributed by atoms with Gasteiger partial charge in [0.25, 0.3) is 0 Å². The summed E-state index contributed by atoms with van der Waals surface area (Å²) in [5.41, 5.74) is 0.326. The molecule has 20 heavy (non-hydrogen) atoms. The Morgan fingerprint density at radius 2 is 1.55 bits per heavy atom. The molecule has 3 atom stereocenters. The van der Waals surface area contributed by atoms with E-state index in [0.29, 0.717) is 23.2 Å². The van der Waals surface area contributed by atoms with E-state index in [4.69, 9.17) is 0 Å². The molecule has 2 aliphatic rings. The molecule has 0 amide bonds. The Balaban J connectivity index is 2.11. The number of hydrogen-bond donors (Lipinski definition) is 1. The molecule has 0 aromatic heterocycles. The summed E-state index contributed by atoms with van der Waals surface area (Å²) in [7, 11) is 0. The van der Waals surface area contributed by atoms with E-state index in [-0.39, 0.29) is 5.92 Å². The smallest absolute Gasteiger partial charge is 0.306 e. The van der Waals surface area contributed by atoms with Gasteiger partial charge in [-0.1, -0.05) is 59.3 Å². The molecule has 2 heteroatoms. The highest BCUT2D eigenvalue weighted by atomic mass is 16.4. The molecule has 0 aromatic carbocycles. The number of carbonyl (C=O) groups is 1. The molecule has 0 aromatic rings. The maximum Gasteiger partial charge on any atom is 0.306 e. The molecule has 2 saturated carbocycles. The topological polar surface area (TPSA) is 37.3 Å². The molecule has 2 nitrogen and oxygen atoms in total. The first-order valence-electron chi connectivity index (χ1n) is 8.62. The van der Waals surface area contributed by atoms with Crippen molar-refractivity contribution in [3.63, 3.8) is 0 Å². The van der Waals surface area contributed by atoms with Crippen LogP contribution in [0.2, 0.25) is 0 Å². The summed E-state index contributed by atoms with van der Waals surface area (Å²) in [5, 5.41) is 9.60. The molecule has 2 rings (SSSR count). The average molecular weight is 280 g/mol. The van der Waals surface area contributed by atoms with Crippen LogP contribution in [-0.4, -0.2) is 11.1 Å². The molecule has 3 unspecified atom stereocenters. The van der Waals surface area contributed by atoms with Gasteiger partial charge < -0.3 is 5.11 Å². The largest absolute Gasteiger partial charge is 0.481 e. The van der Waals surface area contributed by atoms with Gasteiger partial charge in [-0.05, 0) is 42.4 Å². The van der Waals surface area contributed by atoms with Crippen molar-refractivity contribution in [1.82, 2.24) is 0 Å². The summed E-state index contributed by atoms with van der Waals surface area (Å²) in [6.07, 6.45) is 11.0. The summed E-state index contributed by atoms with van der Waals surface area (Å²) in [6.45, 7) is 6.97. The van der Waals surface area contributed by atoms with Gasteiger partial charge >= 0.3 is 5.97 Å². The van der Waals surface area contributed by atoms with E-state index in [9.17, 15) is 9.90 Å². The average Bonchev–Trinajstić information content (AvgIpc) is 2.65. The van der Waals surface area contributed by atoms with Crippen molar-refractivity contribution >= 4 is 5.97 Å². The van der Waals surface area contributed by atoms with Crippen molar-refractivity contribution in [2.45, 2.75) is 78.6 Å². The second-order valence-corrected chi connectivity index (χ2v) is 8.24. The van der Waals surface area contributed by atoms with Crippen LogP contribution in [-0.2, 0) is 4.79 Å². The van der Waals surface area contributed by atoms with Gasteiger partial charge in [-0.2, -0.15) is 0 Å². The third kappa shape index (κ3) is 3.77. The fourth-order valence-corrected chi connectivity index (χ4v) is 4.56. The fourth-order valence-electron chi connectivity index (χ4n) is 4.56. The molecule has 0 bridgehead atoms. The summed E-state index contributed by atoms with van der Waals surface area (Å²) < 4.78 is 0. The lowest BCUT2D eigenvalue weighted by atomic mass is 9.61. The van der Waals surface area contributed by atoms with Gasteiger partial charge in [-0.25, -0.2) is 0 Å². The van der Waals surface area contributed by atoms with Crippen molar-refractivity contribution < 1.29 is 9.90 Å². The predicted octanol–water partition coefficient (Wildman–Crippen LogP) is 5.12. The van der Waals surface area contributed by atoms with Crippen molar-refractivity contribution in [1.29, 1.82) is 0 Å². The van der Waals surface area contributed by atoms with Gasteiger partial charge in [0.2, 0.25) is 0 Å². The van der Waals surface area contributed by atoms with Crippen LogP contribution in [0.4, 0.5) is 0 Å². The number of aliphatic carboxylic acids is 1. The van der Waals surface area contributed by atoms with E-state index in [2.05, 4.69) is 20.8 Å². The minimum absolute atomic E-state index is 0.0725. The fraction of sp³-hybridized carbons (Fsp3) is 0.944. The molecular weight excluding hydrogens is 248 g/mol. The zero-order valence-corrected chi connectivity index (χ0v) is 13.5. The first-order valence-corrected chi connectivity index (χ1v) is 8.62. The maximum atomic E-state index is 11.6. The number of hydrogen-bond acceptors (Lipinski definition) is 1. The highest BCUT2D eigenvalue weighted by Gasteiger charge is 2.42. The van der Waals surface area contributed by atoms with E-state index in [0.717, 1.165) is 19.3 Å². The SMILES string of the molecule is CC(C)(C)C1CCC(C(=O)O)C(C2CCCCCC2)C1. The van der Waals surface area contributed by atoms with Crippen LogP contribution in [0.1, 0.15) is 78.6 Å². The van der Waals surface area contributed by atoms with Gasteiger partial charge in [0, 0.05) is 0 Å². The highest BCUT2D eigenvalue weighted by molar-refractivity contribution is 5.70. The minimum Gasteiger partial charge on any atom is -0.481 e. The molecule has 1 N–H and O–H groups in total. The summed E-state index contributed by atoms with van der Waals surface area (Å²) >= 11 is 0. The third-order valence-corrected chi connectivity index (χ3v) is 5.95. The Hall–Kier alpha value is -0.530. The van der Waals surface area contributed by atoms with Crippen LogP contribution < -0.4 is 0 Å². The maximum absolute atomic E-state index is 11.6. The molecular formula is C18H32O2. The Labute approximate surface area is 124 Å². The van der Waals surface area contributed by atoms with Crippen molar-refractivity contribution in [2.24, 2.45) is 29.1 Å². The lowest BCUT2D eigenvalue weighted by Gasteiger charge is -2.43. The highest BCUT2D eigenvalue weighted by Crippen LogP contribution is 2.47. The predicted molar refractivity (Wildman–Crippen MR) is 82.6 cm³/mol. The Morgan fingerprint density at radius 3 is 2.05 bits per heavy atom. The Bertz CT molecular complexity index is 321. The number of carboxylic acid groups (broad SMARTS) is 1. The lowest BCUT2D eigenvalue weighted by Crippen LogP contribution is -2.38. The van der Waals surface area contributed by atoms with Gasteiger partial charge in [-0.15, -0.1) is 0 Å². The third-order valence-electron chi connectivity index (χ3n) is 5.95. The van der Waals surface area contributed by atoms with E-state index in [1.807, 2.05) is 0 Å². The van der Waals surface area contributed by atoms with Gasteiger partial charge in [-0.3, -0.25) is 4.79 Å².